The second-order valence-electron chi connectivity index (χ2n) is 23.0. The Morgan fingerprint density at radius 2 is 1.38 bits per heavy atom. The van der Waals surface area contributed by atoms with Crippen molar-refractivity contribution in [3.63, 3.8) is 0 Å². The van der Waals surface area contributed by atoms with E-state index in [2.05, 4.69) is 89.0 Å². The molecule has 68 heavy (non-hydrogen) atoms. The fourth-order valence-electron chi connectivity index (χ4n) is 13.6. The Bertz CT molecular complexity index is 1430. The standard InChI is InChI=1S/C61H107NO6/c1-7-8-9-10-11-12-13-14-15-16-17-18-19-20-21-25-39-66-50-55(49-62-37-23-22-24-38-62)68-47-45-65-43-41-63-40-42-64-44-46-67-54-33-35-60(5)53(48-54)29-30-56-58-32-31-57(52(4)28-26-27-51(2)3)61(58,6)36-34-59(56)60/h11-12,14-15,22-23,29,51-52,54-59H,7-10,13,16-21,24-28,30-50H2,1-6H3/b12-11-,15-14-/t52-,54+,55?,56+,57-,58+,59+,60+,61-/m1/s1. The molecule has 0 saturated heterocycles. The minimum Gasteiger partial charge on any atom is -0.379 e. The molecule has 0 aromatic carbocycles. The molecule has 7 heteroatoms. The summed E-state index contributed by atoms with van der Waals surface area (Å²) in [7, 11) is 0. The van der Waals surface area contributed by atoms with Crippen LogP contribution in [0.1, 0.15) is 196 Å². The van der Waals surface area contributed by atoms with Crippen LogP contribution in [0.2, 0.25) is 0 Å². The summed E-state index contributed by atoms with van der Waals surface area (Å²) in [6.45, 7) is 24.2. The molecule has 4 aliphatic carbocycles. The van der Waals surface area contributed by atoms with Crippen molar-refractivity contribution in [3.8, 4) is 0 Å². The summed E-state index contributed by atoms with van der Waals surface area (Å²) in [6.07, 6.45) is 48.2. The number of ether oxygens (including phenoxy) is 6. The highest BCUT2D eigenvalue weighted by molar-refractivity contribution is 5.25. The van der Waals surface area contributed by atoms with Crippen LogP contribution in [0.15, 0.2) is 48.1 Å². The van der Waals surface area contributed by atoms with E-state index in [0.29, 0.717) is 76.4 Å². The molecule has 0 spiro atoms. The number of rotatable bonds is 38. The minimum absolute atomic E-state index is 0.0641. The summed E-state index contributed by atoms with van der Waals surface area (Å²) in [6, 6.07) is 0. The quantitative estimate of drug-likeness (QED) is 0.0451. The van der Waals surface area contributed by atoms with Gasteiger partial charge in [-0.05, 0) is 143 Å². The van der Waals surface area contributed by atoms with E-state index < -0.39 is 0 Å². The van der Waals surface area contributed by atoms with E-state index in [9.17, 15) is 0 Å². The van der Waals surface area contributed by atoms with E-state index >= 15 is 0 Å². The molecule has 3 fully saturated rings. The molecule has 1 unspecified atom stereocenters. The van der Waals surface area contributed by atoms with Crippen LogP contribution in [0, 0.1) is 46.3 Å². The number of hydrogen-bond acceptors (Lipinski definition) is 7. The largest absolute Gasteiger partial charge is 0.379 e. The molecule has 0 radical (unpaired) electrons. The molecular formula is C61H107NO6. The van der Waals surface area contributed by atoms with Crippen LogP contribution < -0.4 is 0 Å². The van der Waals surface area contributed by atoms with Crippen LogP contribution >= 0.6 is 0 Å². The zero-order chi connectivity index (χ0) is 48.1. The van der Waals surface area contributed by atoms with Crippen LogP contribution in [-0.2, 0) is 28.4 Å². The van der Waals surface area contributed by atoms with Gasteiger partial charge in [-0.1, -0.05) is 147 Å². The molecule has 0 aromatic heterocycles. The third-order valence-electron chi connectivity index (χ3n) is 17.6. The Hall–Kier alpha value is -1.32. The molecule has 5 rings (SSSR count). The van der Waals surface area contributed by atoms with Gasteiger partial charge in [0.2, 0.25) is 0 Å². The van der Waals surface area contributed by atoms with Gasteiger partial charge in [-0.15, -0.1) is 0 Å². The summed E-state index contributed by atoms with van der Waals surface area (Å²) in [5.74, 6) is 5.32. The van der Waals surface area contributed by atoms with E-state index in [1.807, 2.05) is 0 Å². The van der Waals surface area contributed by atoms with Crippen molar-refractivity contribution in [2.75, 3.05) is 85.7 Å². The topological polar surface area (TPSA) is 58.6 Å². The van der Waals surface area contributed by atoms with Gasteiger partial charge in [0, 0.05) is 26.2 Å². The Balaban J connectivity index is 0.838. The van der Waals surface area contributed by atoms with E-state index in [1.165, 1.54) is 128 Å². The molecule has 0 aromatic rings. The summed E-state index contributed by atoms with van der Waals surface area (Å²) in [5, 5.41) is 0. The first kappa shape index (κ1) is 57.6. The lowest BCUT2D eigenvalue weighted by atomic mass is 9.47. The maximum absolute atomic E-state index is 6.45. The number of fused-ring (bicyclic) bond motifs is 5. The lowest BCUT2D eigenvalue weighted by molar-refractivity contribution is -0.0697. The average Bonchev–Trinajstić information content (AvgIpc) is 3.70. The third-order valence-corrected chi connectivity index (χ3v) is 17.6. The van der Waals surface area contributed by atoms with Gasteiger partial charge >= 0.3 is 0 Å². The second kappa shape index (κ2) is 33.4. The Morgan fingerprint density at radius 1 is 0.676 bits per heavy atom. The van der Waals surface area contributed by atoms with Gasteiger partial charge in [-0.2, -0.15) is 0 Å². The first-order chi connectivity index (χ1) is 33.2. The monoisotopic (exact) mass is 950 g/mol. The van der Waals surface area contributed by atoms with Gasteiger partial charge in [-0.3, -0.25) is 4.90 Å². The number of unbranched alkanes of at least 4 members (excludes halogenated alkanes) is 9. The van der Waals surface area contributed by atoms with Crippen LogP contribution in [0.4, 0.5) is 0 Å². The summed E-state index contributed by atoms with van der Waals surface area (Å²) < 4.78 is 36.5. The summed E-state index contributed by atoms with van der Waals surface area (Å²) in [5.41, 5.74) is 2.65. The normalized spacial score (nSPS) is 28.3. The Labute approximate surface area is 419 Å². The molecule has 392 valence electrons. The molecule has 1 aliphatic heterocycles. The molecule has 7 nitrogen and oxygen atoms in total. The highest BCUT2D eigenvalue weighted by Crippen LogP contribution is 2.67. The van der Waals surface area contributed by atoms with Gasteiger partial charge in [0.15, 0.2) is 0 Å². The van der Waals surface area contributed by atoms with Crippen molar-refractivity contribution in [1.29, 1.82) is 0 Å². The van der Waals surface area contributed by atoms with Crippen LogP contribution in [0.3, 0.4) is 0 Å². The Morgan fingerprint density at radius 3 is 2.10 bits per heavy atom. The van der Waals surface area contributed by atoms with Crippen LogP contribution in [-0.4, -0.2) is 103 Å². The highest BCUT2D eigenvalue weighted by Gasteiger charge is 2.59. The predicted molar refractivity (Wildman–Crippen MR) is 285 cm³/mol. The van der Waals surface area contributed by atoms with Crippen molar-refractivity contribution in [2.24, 2.45) is 46.3 Å². The smallest absolute Gasteiger partial charge is 0.0936 e. The van der Waals surface area contributed by atoms with E-state index in [0.717, 1.165) is 87.4 Å². The van der Waals surface area contributed by atoms with Gasteiger partial charge < -0.3 is 28.4 Å². The fourth-order valence-corrected chi connectivity index (χ4v) is 13.6. The first-order valence-corrected chi connectivity index (χ1v) is 29.2. The van der Waals surface area contributed by atoms with Gasteiger partial charge in [0.05, 0.1) is 71.7 Å². The molecular weight excluding hydrogens is 843 g/mol. The minimum atomic E-state index is 0.0641. The molecule has 5 aliphatic rings. The molecule has 1 heterocycles. The van der Waals surface area contributed by atoms with E-state index in [1.54, 1.807) is 5.57 Å². The van der Waals surface area contributed by atoms with E-state index in [-0.39, 0.29) is 6.10 Å². The molecule has 9 atom stereocenters. The summed E-state index contributed by atoms with van der Waals surface area (Å²) in [4.78, 5) is 2.47. The molecule has 3 saturated carbocycles. The number of allylic oxidation sites excluding steroid dienone is 5. The van der Waals surface area contributed by atoms with Crippen LogP contribution in [0.5, 0.6) is 0 Å². The van der Waals surface area contributed by atoms with Crippen molar-refractivity contribution >= 4 is 0 Å². The van der Waals surface area contributed by atoms with E-state index in [4.69, 9.17) is 28.4 Å². The van der Waals surface area contributed by atoms with Gasteiger partial charge in [0.25, 0.3) is 0 Å². The maximum atomic E-state index is 6.45. The average molecular weight is 951 g/mol. The zero-order valence-corrected chi connectivity index (χ0v) is 45.2. The van der Waals surface area contributed by atoms with Crippen molar-refractivity contribution in [3.05, 3.63) is 48.1 Å². The predicted octanol–water partition coefficient (Wildman–Crippen LogP) is 14.9. The van der Waals surface area contributed by atoms with Gasteiger partial charge in [0.1, 0.15) is 0 Å². The third kappa shape index (κ3) is 19.9. The lowest BCUT2D eigenvalue weighted by Crippen LogP contribution is -2.51. The SMILES string of the molecule is CCCCC/C=C\C/C=C\CCCCCCCCOCC(CN1CC=CCC1)OCCOCCOCCOCCO[C@H]1CC[C@@]2(C)C(=CC[C@H]3[C@@H]4CC[C@H]([C@H](C)CCCC(C)C)[C@@]4(C)CC[C@@H]32)C1. The van der Waals surface area contributed by atoms with Gasteiger partial charge in [-0.25, -0.2) is 0 Å². The van der Waals surface area contributed by atoms with Crippen LogP contribution in [0.25, 0.3) is 0 Å². The highest BCUT2D eigenvalue weighted by atomic mass is 16.6. The fraction of sp³-hybridized carbons (Fsp3) is 0.869. The van der Waals surface area contributed by atoms with Crippen molar-refractivity contribution in [2.45, 2.75) is 208 Å². The molecule has 0 N–H and O–H groups in total. The second-order valence-corrected chi connectivity index (χ2v) is 23.0. The van der Waals surface area contributed by atoms with Crippen molar-refractivity contribution in [1.82, 2.24) is 4.90 Å². The number of hydrogen-bond donors (Lipinski definition) is 0. The summed E-state index contributed by atoms with van der Waals surface area (Å²) >= 11 is 0. The van der Waals surface area contributed by atoms with Crippen molar-refractivity contribution < 1.29 is 28.4 Å². The lowest BCUT2D eigenvalue weighted by Gasteiger charge is -2.58. The molecule has 0 amide bonds. The Kier molecular flexibility index (Phi) is 28.3. The maximum Gasteiger partial charge on any atom is 0.0936 e. The molecule has 0 bridgehead atoms. The number of nitrogens with zero attached hydrogens (tertiary/aromatic N) is 1. The first-order valence-electron chi connectivity index (χ1n) is 29.2. The zero-order valence-electron chi connectivity index (χ0n) is 45.2.